The molecule has 7 heteroatoms. The summed E-state index contributed by atoms with van der Waals surface area (Å²) in [6.45, 7) is 0. The molecule has 0 bridgehead atoms. The van der Waals surface area contributed by atoms with E-state index in [0.29, 0.717) is 0 Å². The van der Waals surface area contributed by atoms with Gasteiger partial charge in [-0.25, -0.2) is 14.2 Å². The Hall–Kier alpha value is -3.14. The van der Waals surface area contributed by atoms with Gasteiger partial charge in [0, 0.05) is 6.07 Å². The lowest BCUT2D eigenvalue weighted by atomic mass is 10.2. The van der Waals surface area contributed by atoms with Crippen LogP contribution in [-0.4, -0.2) is 18.1 Å². The number of nitrogens with two attached hydrogens (primary N) is 1. The van der Waals surface area contributed by atoms with Gasteiger partial charge in [0.25, 0.3) is 0 Å². The third-order valence-electron chi connectivity index (χ3n) is 2.62. The SMILES string of the molecule is COC(=O)c1cc(Oc2cccc(F)c2C#N)ncc1N. The van der Waals surface area contributed by atoms with Crippen molar-refractivity contribution in [1.29, 1.82) is 5.26 Å². The molecule has 0 amide bonds. The second-order valence-electron chi connectivity index (χ2n) is 3.93. The van der Waals surface area contributed by atoms with E-state index in [2.05, 4.69) is 9.72 Å². The largest absolute Gasteiger partial charge is 0.465 e. The normalized spacial score (nSPS) is 9.76. The van der Waals surface area contributed by atoms with Crippen LogP contribution in [0.5, 0.6) is 11.6 Å². The highest BCUT2D eigenvalue weighted by molar-refractivity contribution is 5.95. The fraction of sp³-hybridized carbons (Fsp3) is 0.0714. The molecule has 6 nitrogen and oxygen atoms in total. The number of nitrogens with zero attached hydrogens (tertiary/aromatic N) is 2. The molecule has 0 aliphatic carbocycles. The number of halogens is 1. The van der Waals surface area contributed by atoms with Gasteiger partial charge in [-0.2, -0.15) is 5.26 Å². The highest BCUT2D eigenvalue weighted by Crippen LogP contribution is 2.27. The van der Waals surface area contributed by atoms with Gasteiger partial charge in [-0.3, -0.25) is 0 Å². The zero-order valence-electron chi connectivity index (χ0n) is 11.0. The first-order chi connectivity index (χ1) is 10.1. The van der Waals surface area contributed by atoms with E-state index in [1.807, 2.05) is 0 Å². The van der Waals surface area contributed by atoms with Gasteiger partial charge < -0.3 is 15.2 Å². The molecule has 2 aromatic rings. The maximum absolute atomic E-state index is 13.5. The minimum absolute atomic E-state index is 0.00769. The summed E-state index contributed by atoms with van der Waals surface area (Å²) in [4.78, 5) is 15.4. The van der Waals surface area contributed by atoms with Gasteiger partial charge in [-0.1, -0.05) is 6.07 Å². The topological polar surface area (TPSA) is 98.2 Å². The Morgan fingerprint density at radius 1 is 1.48 bits per heavy atom. The Morgan fingerprint density at radius 3 is 2.90 bits per heavy atom. The summed E-state index contributed by atoms with van der Waals surface area (Å²) in [6, 6.07) is 6.90. The first-order valence-electron chi connectivity index (χ1n) is 5.77. The van der Waals surface area contributed by atoms with Crippen LogP contribution in [0.3, 0.4) is 0 Å². The molecule has 0 aliphatic rings. The van der Waals surface area contributed by atoms with Gasteiger partial charge >= 0.3 is 5.97 Å². The van der Waals surface area contributed by atoms with Crippen molar-refractivity contribution in [3.8, 4) is 17.7 Å². The van der Waals surface area contributed by atoms with E-state index >= 15 is 0 Å². The van der Waals surface area contributed by atoms with Crippen molar-refractivity contribution in [1.82, 2.24) is 4.98 Å². The van der Waals surface area contributed by atoms with Crippen LogP contribution >= 0.6 is 0 Å². The fourth-order valence-electron chi connectivity index (χ4n) is 1.60. The Kier molecular flexibility index (Phi) is 4.00. The molecule has 21 heavy (non-hydrogen) atoms. The molecule has 0 unspecified atom stereocenters. The van der Waals surface area contributed by atoms with E-state index in [4.69, 9.17) is 15.7 Å². The summed E-state index contributed by atoms with van der Waals surface area (Å²) in [5, 5.41) is 8.92. The number of esters is 1. The number of benzene rings is 1. The third-order valence-corrected chi connectivity index (χ3v) is 2.62. The van der Waals surface area contributed by atoms with Gasteiger partial charge in [0.2, 0.25) is 5.88 Å². The number of carbonyl (C=O) groups excluding carboxylic acids is 1. The van der Waals surface area contributed by atoms with E-state index in [0.717, 1.165) is 6.07 Å². The van der Waals surface area contributed by atoms with Gasteiger partial charge in [-0.15, -0.1) is 0 Å². The lowest BCUT2D eigenvalue weighted by Gasteiger charge is -2.09. The zero-order valence-corrected chi connectivity index (χ0v) is 11.0. The third kappa shape index (κ3) is 2.90. The standard InChI is InChI=1S/C14H10FN3O3/c1-20-14(19)8-5-13(18-7-11(8)17)21-12-4-2-3-10(15)9(12)6-16/h2-5,7H,17H2,1H3. The average molecular weight is 287 g/mol. The maximum atomic E-state index is 13.5. The first-order valence-corrected chi connectivity index (χ1v) is 5.77. The molecule has 2 rings (SSSR count). The van der Waals surface area contributed by atoms with Gasteiger partial charge in [0.05, 0.1) is 24.6 Å². The lowest BCUT2D eigenvalue weighted by molar-refractivity contribution is 0.0601. The minimum atomic E-state index is -0.710. The van der Waals surface area contributed by atoms with Crippen LogP contribution < -0.4 is 10.5 Å². The van der Waals surface area contributed by atoms with E-state index in [1.165, 1.54) is 31.5 Å². The number of nitrogen functional groups attached to an aromatic ring is 1. The summed E-state index contributed by atoms with van der Waals surface area (Å²) < 4.78 is 23.4. The predicted molar refractivity (Wildman–Crippen MR) is 71.2 cm³/mol. The van der Waals surface area contributed by atoms with Crippen molar-refractivity contribution in [2.45, 2.75) is 0 Å². The number of pyridine rings is 1. The number of hydrogen-bond donors (Lipinski definition) is 1. The van der Waals surface area contributed by atoms with Crippen molar-refractivity contribution < 1.29 is 18.7 Å². The van der Waals surface area contributed by atoms with E-state index in [9.17, 15) is 9.18 Å². The zero-order chi connectivity index (χ0) is 15.4. The number of hydrogen-bond acceptors (Lipinski definition) is 6. The van der Waals surface area contributed by atoms with Crippen LogP contribution in [0.2, 0.25) is 0 Å². The molecule has 0 saturated heterocycles. The van der Waals surface area contributed by atoms with Gasteiger partial charge in [-0.05, 0) is 12.1 Å². The quantitative estimate of drug-likeness (QED) is 0.869. The smallest absolute Gasteiger partial charge is 0.340 e. The summed E-state index contributed by atoms with van der Waals surface area (Å²) in [5.74, 6) is -1.38. The van der Waals surface area contributed by atoms with Crippen LogP contribution in [0.25, 0.3) is 0 Å². The summed E-state index contributed by atoms with van der Waals surface area (Å²) >= 11 is 0. The summed E-state index contributed by atoms with van der Waals surface area (Å²) in [5.41, 5.74) is 5.54. The maximum Gasteiger partial charge on any atom is 0.340 e. The molecule has 0 radical (unpaired) electrons. The molecule has 1 aromatic heterocycles. The lowest BCUT2D eigenvalue weighted by Crippen LogP contribution is -2.06. The van der Waals surface area contributed by atoms with Crippen LogP contribution in [0.15, 0.2) is 30.5 Å². The number of ether oxygens (including phenoxy) is 2. The molecule has 0 fully saturated rings. The number of nitriles is 1. The highest BCUT2D eigenvalue weighted by Gasteiger charge is 2.15. The number of aromatic nitrogens is 1. The van der Waals surface area contributed by atoms with Crippen molar-refractivity contribution >= 4 is 11.7 Å². The Bertz CT molecular complexity index is 741. The number of carbonyl (C=O) groups is 1. The summed E-state index contributed by atoms with van der Waals surface area (Å²) in [6.07, 6.45) is 1.22. The highest BCUT2D eigenvalue weighted by atomic mass is 19.1. The van der Waals surface area contributed by atoms with Crippen molar-refractivity contribution in [2.75, 3.05) is 12.8 Å². The van der Waals surface area contributed by atoms with Gasteiger partial charge in [0.15, 0.2) is 0 Å². The molecule has 0 aliphatic heterocycles. The Labute approximate surface area is 119 Å². The van der Waals surface area contributed by atoms with Crippen molar-refractivity contribution in [2.24, 2.45) is 0 Å². The van der Waals surface area contributed by atoms with Crippen LogP contribution in [0.4, 0.5) is 10.1 Å². The predicted octanol–water partition coefficient (Wildman–Crippen LogP) is 2.25. The average Bonchev–Trinajstić information content (AvgIpc) is 2.48. The monoisotopic (exact) mass is 287 g/mol. The second kappa shape index (κ2) is 5.88. The molecule has 0 saturated carbocycles. The minimum Gasteiger partial charge on any atom is -0.465 e. The Balaban J connectivity index is 2.40. The van der Waals surface area contributed by atoms with E-state index in [1.54, 1.807) is 6.07 Å². The van der Waals surface area contributed by atoms with Crippen LogP contribution in [0, 0.1) is 17.1 Å². The number of methoxy groups -OCH3 is 1. The number of anilines is 1. The van der Waals surface area contributed by atoms with Gasteiger partial charge in [0.1, 0.15) is 23.2 Å². The molecule has 0 atom stereocenters. The molecular formula is C14H10FN3O3. The molecule has 0 spiro atoms. The molecule has 1 aromatic carbocycles. The Morgan fingerprint density at radius 2 is 2.24 bits per heavy atom. The summed E-state index contributed by atoms with van der Waals surface area (Å²) in [7, 11) is 1.21. The van der Waals surface area contributed by atoms with Crippen molar-refractivity contribution in [3.05, 3.63) is 47.4 Å². The second-order valence-corrected chi connectivity index (χ2v) is 3.93. The van der Waals surface area contributed by atoms with Crippen molar-refractivity contribution in [3.63, 3.8) is 0 Å². The fourth-order valence-corrected chi connectivity index (χ4v) is 1.60. The first kappa shape index (κ1) is 14.3. The molecular weight excluding hydrogens is 277 g/mol. The van der Waals surface area contributed by atoms with Crippen LogP contribution in [-0.2, 0) is 4.74 Å². The van der Waals surface area contributed by atoms with E-state index < -0.39 is 11.8 Å². The van der Waals surface area contributed by atoms with Crippen LogP contribution in [0.1, 0.15) is 15.9 Å². The van der Waals surface area contributed by atoms with E-state index in [-0.39, 0.29) is 28.4 Å². The molecule has 1 heterocycles. The molecule has 106 valence electrons. The number of rotatable bonds is 3. The molecule has 2 N–H and O–H groups in total.